The fraction of sp³-hybridized carbons (Fsp3) is 0.250. The summed E-state index contributed by atoms with van der Waals surface area (Å²) in [5.74, 6) is 0. The maximum absolute atomic E-state index is 8.69. The molecule has 1 N–H and O–H groups in total. The predicted octanol–water partition coefficient (Wildman–Crippen LogP) is 2.22. The second-order valence-corrected chi connectivity index (χ2v) is 3.01. The average Bonchev–Trinajstić information content (AvgIpc) is 2.25. The summed E-state index contributed by atoms with van der Waals surface area (Å²) in [6.45, 7) is 3.67. The minimum atomic E-state index is 0.718. The lowest BCUT2D eigenvalue weighted by atomic mass is 10.1. The van der Waals surface area contributed by atoms with E-state index >= 15 is 0 Å². The van der Waals surface area contributed by atoms with Crippen LogP contribution < -0.4 is 5.32 Å². The third-order valence-electron chi connectivity index (χ3n) is 1.88. The van der Waals surface area contributed by atoms with Gasteiger partial charge in [-0.05, 0) is 24.6 Å². The van der Waals surface area contributed by atoms with Gasteiger partial charge in [0.15, 0.2) is 0 Å². The van der Waals surface area contributed by atoms with Crippen molar-refractivity contribution in [3.63, 3.8) is 0 Å². The fourth-order valence-electron chi connectivity index (χ4n) is 1.17. The maximum atomic E-state index is 8.69. The van der Waals surface area contributed by atoms with Gasteiger partial charge in [-0.15, -0.1) is 0 Å². The second-order valence-electron chi connectivity index (χ2n) is 3.01. The highest BCUT2D eigenvalue weighted by atomic mass is 14.8. The topological polar surface area (TPSA) is 35.8 Å². The summed E-state index contributed by atoms with van der Waals surface area (Å²) < 4.78 is 0. The molecular weight excluding hydrogens is 172 g/mol. The Bertz CT molecular complexity index is 348. The molecule has 0 fully saturated rings. The second kappa shape index (κ2) is 5.95. The molecule has 0 aromatic heterocycles. The van der Waals surface area contributed by atoms with Crippen molar-refractivity contribution in [1.82, 2.24) is 5.32 Å². The highest BCUT2D eigenvalue weighted by Crippen LogP contribution is 2.03. The maximum Gasteiger partial charge on any atom is 0.0991 e. The summed E-state index contributed by atoms with van der Waals surface area (Å²) in [6.07, 6.45) is 4.08. The van der Waals surface area contributed by atoms with Crippen LogP contribution in [0.1, 0.15) is 18.1 Å². The van der Waals surface area contributed by atoms with Gasteiger partial charge in [-0.2, -0.15) is 5.26 Å². The number of nitrogens with one attached hydrogen (secondary N) is 1. The molecule has 14 heavy (non-hydrogen) atoms. The van der Waals surface area contributed by atoms with E-state index in [4.69, 9.17) is 5.26 Å². The zero-order valence-corrected chi connectivity index (χ0v) is 8.33. The first-order chi connectivity index (χ1) is 6.86. The van der Waals surface area contributed by atoms with Crippen molar-refractivity contribution in [2.45, 2.75) is 13.5 Å². The molecule has 0 heterocycles. The van der Waals surface area contributed by atoms with E-state index in [9.17, 15) is 0 Å². The fourth-order valence-corrected chi connectivity index (χ4v) is 1.17. The highest BCUT2D eigenvalue weighted by molar-refractivity contribution is 5.32. The zero-order valence-electron chi connectivity index (χ0n) is 8.33. The highest BCUT2D eigenvalue weighted by Gasteiger charge is 1.93. The van der Waals surface area contributed by atoms with Gasteiger partial charge in [0.05, 0.1) is 11.6 Å². The van der Waals surface area contributed by atoms with Crippen LogP contribution in [0.4, 0.5) is 0 Å². The standard InChI is InChI=1S/C12H14N2/c1-2-3-7-14-10-12-6-4-5-11(8-12)9-13/h2-6,8,14H,7,10H2,1H3/b3-2+. The van der Waals surface area contributed by atoms with E-state index in [1.54, 1.807) is 0 Å². The lowest BCUT2D eigenvalue weighted by molar-refractivity contribution is 0.759. The monoisotopic (exact) mass is 186 g/mol. The molecule has 1 aromatic rings. The van der Waals surface area contributed by atoms with E-state index < -0.39 is 0 Å². The Morgan fingerprint density at radius 3 is 3.07 bits per heavy atom. The van der Waals surface area contributed by atoms with Gasteiger partial charge < -0.3 is 5.32 Å². The van der Waals surface area contributed by atoms with E-state index in [0.717, 1.165) is 24.2 Å². The summed E-state index contributed by atoms with van der Waals surface area (Å²) in [5, 5.41) is 11.9. The van der Waals surface area contributed by atoms with E-state index in [-0.39, 0.29) is 0 Å². The van der Waals surface area contributed by atoms with E-state index in [0.29, 0.717) is 0 Å². The van der Waals surface area contributed by atoms with E-state index in [1.165, 1.54) is 0 Å². The normalized spacial score (nSPS) is 10.3. The molecule has 1 rings (SSSR count). The number of nitrogens with zero attached hydrogens (tertiary/aromatic N) is 1. The van der Waals surface area contributed by atoms with Crippen molar-refractivity contribution in [1.29, 1.82) is 5.26 Å². The first-order valence-electron chi connectivity index (χ1n) is 4.67. The Morgan fingerprint density at radius 1 is 1.50 bits per heavy atom. The third-order valence-corrected chi connectivity index (χ3v) is 1.88. The van der Waals surface area contributed by atoms with Gasteiger partial charge in [-0.25, -0.2) is 0 Å². The van der Waals surface area contributed by atoms with Crippen LogP contribution in [0.15, 0.2) is 36.4 Å². The van der Waals surface area contributed by atoms with Crippen LogP contribution in [0.25, 0.3) is 0 Å². The molecule has 0 bridgehead atoms. The Labute approximate surface area is 84.9 Å². The summed E-state index contributed by atoms with van der Waals surface area (Å²) in [6, 6.07) is 9.77. The van der Waals surface area contributed by atoms with Crippen LogP contribution in [-0.4, -0.2) is 6.54 Å². The van der Waals surface area contributed by atoms with Gasteiger partial charge in [0, 0.05) is 13.1 Å². The van der Waals surface area contributed by atoms with Crippen LogP contribution in [0, 0.1) is 11.3 Å². The van der Waals surface area contributed by atoms with Gasteiger partial charge in [-0.1, -0.05) is 24.3 Å². The molecule has 0 atom stereocenters. The first-order valence-corrected chi connectivity index (χ1v) is 4.67. The van der Waals surface area contributed by atoms with Gasteiger partial charge >= 0.3 is 0 Å². The molecule has 0 aliphatic rings. The summed E-state index contributed by atoms with van der Waals surface area (Å²) in [5.41, 5.74) is 1.86. The smallest absolute Gasteiger partial charge is 0.0991 e. The molecule has 2 nitrogen and oxygen atoms in total. The molecule has 0 radical (unpaired) electrons. The van der Waals surface area contributed by atoms with E-state index in [2.05, 4.69) is 17.5 Å². The van der Waals surface area contributed by atoms with Crippen molar-refractivity contribution in [3.8, 4) is 6.07 Å². The molecule has 0 amide bonds. The zero-order chi connectivity index (χ0) is 10.2. The number of hydrogen-bond donors (Lipinski definition) is 1. The predicted molar refractivity (Wildman–Crippen MR) is 57.7 cm³/mol. The molecular formula is C12H14N2. The number of benzene rings is 1. The van der Waals surface area contributed by atoms with Crippen LogP contribution >= 0.6 is 0 Å². The molecule has 0 saturated heterocycles. The van der Waals surface area contributed by atoms with Crippen molar-refractivity contribution in [3.05, 3.63) is 47.5 Å². The van der Waals surface area contributed by atoms with Crippen LogP contribution in [0.3, 0.4) is 0 Å². The van der Waals surface area contributed by atoms with E-state index in [1.807, 2.05) is 37.3 Å². The number of nitriles is 1. The Balaban J connectivity index is 2.47. The van der Waals surface area contributed by atoms with Gasteiger partial charge in [-0.3, -0.25) is 0 Å². The number of allylic oxidation sites excluding steroid dienone is 1. The van der Waals surface area contributed by atoms with Crippen LogP contribution in [0.5, 0.6) is 0 Å². The SMILES string of the molecule is C/C=C/CNCc1cccc(C#N)c1. The molecule has 0 saturated carbocycles. The number of hydrogen-bond acceptors (Lipinski definition) is 2. The van der Waals surface area contributed by atoms with Crippen molar-refractivity contribution in [2.24, 2.45) is 0 Å². The summed E-state index contributed by atoms with van der Waals surface area (Å²) in [7, 11) is 0. The Morgan fingerprint density at radius 2 is 2.36 bits per heavy atom. The minimum Gasteiger partial charge on any atom is -0.309 e. The lowest BCUT2D eigenvalue weighted by Crippen LogP contribution is -2.12. The van der Waals surface area contributed by atoms with Crippen molar-refractivity contribution >= 4 is 0 Å². The van der Waals surface area contributed by atoms with Gasteiger partial charge in [0.25, 0.3) is 0 Å². The van der Waals surface area contributed by atoms with Crippen LogP contribution in [-0.2, 0) is 6.54 Å². The molecule has 0 spiro atoms. The van der Waals surface area contributed by atoms with Crippen molar-refractivity contribution in [2.75, 3.05) is 6.54 Å². The summed E-state index contributed by atoms with van der Waals surface area (Å²) in [4.78, 5) is 0. The lowest BCUT2D eigenvalue weighted by Gasteiger charge is -2.01. The average molecular weight is 186 g/mol. The van der Waals surface area contributed by atoms with Crippen LogP contribution in [0.2, 0.25) is 0 Å². The van der Waals surface area contributed by atoms with Gasteiger partial charge in [0.2, 0.25) is 0 Å². The molecule has 0 aliphatic carbocycles. The van der Waals surface area contributed by atoms with Crippen molar-refractivity contribution < 1.29 is 0 Å². The number of rotatable bonds is 4. The molecule has 0 aliphatic heterocycles. The molecule has 1 aromatic carbocycles. The third kappa shape index (κ3) is 3.42. The molecule has 2 heteroatoms. The Hall–Kier alpha value is -1.59. The molecule has 0 unspecified atom stereocenters. The minimum absolute atomic E-state index is 0.718. The summed E-state index contributed by atoms with van der Waals surface area (Å²) >= 11 is 0. The first kappa shape index (κ1) is 10.5. The van der Waals surface area contributed by atoms with Gasteiger partial charge in [0.1, 0.15) is 0 Å². The largest absolute Gasteiger partial charge is 0.309 e. The Kier molecular flexibility index (Phi) is 4.46. The quantitative estimate of drug-likeness (QED) is 0.578. The molecule has 72 valence electrons.